The number of hydrazone groups is 1. The van der Waals surface area contributed by atoms with Gasteiger partial charge >= 0.3 is 0 Å². The molecule has 1 spiro atoms. The van der Waals surface area contributed by atoms with E-state index in [0.29, 0.717) is 34.0 Å². The van der Waals surface area contributed by atoms with Crippen molar-refractivity contribution in [1.82, 2.24) is 5.01 Å². The highest BCUT2D eigenvalue weighted by Gasteiger charge is 2.60. The zero-order valence-electron chi connectivity index (χ0n) is 17.1. The Kier molecular flexibility index (Phi) is 4.57. The van der Waals surface area contributed by atoms with E-state index in [0.717, 1.165) is 4.90 Å². The lowest BCUT2D eigenvalue weighted by Gasteiger charge is -2.30. The van der Waals surface area contributed by atoms with Gasteiger partial charge in [0, 0.05) is 37.5 Å². The van der Waals surface area contributed by atoms with Crippen LogP contribution in [-0.2, 0) is 19.9 Å². The Morgan fingerprint density at radius 2 is 1.77 bits per heavy atom. The van der Waals surface area contributed by atoms with Crippen LogP contribution >= 0.6 is 0 Å². The molecule has 0 N–H and O–H groups in total. The fourth-order valence-corrected chi connectivity index (χ4v) is 4.20. The third kappa shape index (κ3) is 2.60. The highest BCUT2D eigenvalue weighted by Crippen LogP contribution is 2.50. The highest BCUT2D eigenvalue weighted by atomic mass is 16.5. The molecule has 0 aromatic heterocycles. The normalized spacial score (nSPS) is 19.7. The van der Waals surface area contributed by atoms with Crippen molar-refractivity contribution in [2.75, 3.05) is 19.1 Å². The number of nitrogens with zero attached hydrogens (tertiary/aromatic N) is 3. The van der Waals surface area contributed by atoms with E-state index in [2.05, 4.69) is 5.10 Å². The molecule has 4 rings (SSSR count). The largest absolute Gasteiger partial charge is 0.497 e. The number of fused-ring (bicyclic) bond motifs is 2. The summed E-state index contributed by atoms with van der Waals surface area (Å²) in [6, 6.07) is 12.2. The van der Waals surface area contributed by atoms with Gasteiger partial charge in [0.1, 0.15) is 11.5 Å². The van der Waals surface area contributed by atoms with Gasteiger partial charge in [0.25, 0.3) is 5.91 Å². The number of para-hydroxylation sites is 1. The molecule has 8 nitrogen and oxygen atoms in total. The monoisotopic (exact) mass is 407 g/mol. The summed E-state index contributed by atoms with van der Waals surface area (Å²) in [5, 5.41) is 5.71. The molecule has 2 aromatic carbocycles. The first kappa shape index (κ1) is 19.6. The predicted octanol–water partition coefficient (Wildman–Crippen LogP) is 2.45. The molecular weight excluding hydrogens is 386 g/mol. The van der Waals surface area contributed by atoms with E-state index in [4.69, 9.17) is 9.47 Å². The van der Waals surface area contributed by atoms with Gasteiger partial charge in [-0.1, -0.05) is 18.2 Å². The maximum atomic E-state index is 13.6. The van der Waals surface area contributed by atoms with Crippen LogP contribution in [0.1, 0.15) is 31.4 Å². The summed E-state index contributed by atoms with van der Waals surface area (Å²) in [4.78, 5) is 39.6. The molecule has 0 aliphatic carbocycles. The maximum Gasteiger partial charge on any atom is 0.266 e. The van der Waals surface area contributed by atoms with E-state index in [1.807, 2.05) is 0 Å². The van der Waals surface area contributed by atoms with Gasteiger partial charge in [-0.15, -0.1) is 0 Å². The Morgan fingerprint density at radius 1 is 1.03 bits per heavy atom. The number of rotatable bonds is 3. The van der Waals surface area contributed by atoms with E-state index in [-0.39, 0.29) is 6.42 Å². The van der Waals surface area contributed by atoms with E-state index in [1.54, 1.807) is 49.6 Å². The van der Waals surface area contributed by atoms with Gasteiger partial charge in [0.05, 0.1) is 25.6 Å². The van der Waals surface area contributed by atoms with Gasteiger partial charge in [-0.2, -0.15) is 5.10 Å². The number of amides is 3. The second-order valence-corrected chi connectivity index (χ2v) is 7.16. The molecule has 2 aliphatic heterocycles. The van der Waals surface area contributed by atoms with Crippen LogP contribution in [0.5, 0.6) is 11.5 Å². The summed E-state index contributed by atoms with van der Waals surface area (Å²) in [7, 11) is 3.08. The van der Waals surface area contributed by atoms with E-state index in [9.17, 15) is 14.4 Å². The SMILES string of the molecule is COc1ccc(C2=NN(C(C)=O)[C@@]3(C2)C(=O)N(C(C)=O)c2ccccc23)c(OC)c1. The minimum Gasteiger partial charge on any atom is -0.497 e. The van der Waals surface area contributed by atoms with Crippen molar-refractivity contribution >= 4 is 29.1 Å². The fourth-order valence-electron chi connectivity index (χ4n) is 4.20. The number of methoxy groups -OCH3 is 2. The minimum atomic E-state index is -1.41. The Bertz CT molecular complexity index is 1110. The standard InChI is InChI=1S/C22H21N3O5/c1-13(26)24-19-8-6-5-7-17(19)22(21(24)28)12-18(23-25(22)14(2)27)16-10-9-15(29-3)11-20(16)30-4/h5-11H,12H2,1-4H3/t22-/m1/s1. The number of ether oxygens (including phenoxy) is 2. The van der Waals surface area contributed by atoms with Crippen molar-refractivity contribution in [3.8, 4) is 11.5 Å². The molecule has 0 saturated carbocycles. The first-order valence-electron chi connectivity index (χ1n) is 9.40. The average molecular weight is 407 g/mol. The topological polar surface area (TPSA) is 88.5 Å². The second kappa shape index (κ2) is 6.98. The third-order valence-corrected chi connectivity index (χ3v) is 5.49. The van der Waals surface area contributed by atoms with Crippen LogP contribution in [0.15, 0.2) is 47.6 Å². The number of carbonyl (C=O) groups is 3. The summed E-state index contributed by atoms with van der Waals surface area (Å²) in [5.41, 5.74) is 0.797. The van der Waals surface area contributed by atoms with Crippen molar-refractivity contribution in [3.05, 3.63) is 53.6 Å². The number of hydrogen-bond donors (Lipinski definition) is 0. The van der Waals surface area contributed by atoms with Crippen molar-refractivity contribution in [3.63, 3.8) is 0 Å². The number of hydrogen-bond acceptors (Lipinski definition) is 6. The molecule has 0 fully saturated rings. The van der Waals surface area contributed by atoms with E-state index in [1.165, 1.54) is 26.0 Å². The molecule has 30 heavy (non-hydrogen) atoms. The number of carbonyl (C=O) groups excluding carboxylic acids is 3. The first-order chi connectivity index (χ1) is 14.3. The predicted molar refractivity (Wildman–Crippen MR) is 110 cm³/mol. The quantitative estimate of drug-likeness (QED) is 0.780. The van der Waals surface area contributed by atoms with Crippen LogP contribution in [-0.4, -0.2) is 42.7 Å². The molecule has 0 bridgehead atoms. The summed E-state index contributed by atoms with van der Waals surface area (Å²) in [6.45, 7) is 2.68. The molecular formula is C22H21N3O5. The summed E-state index contributed by atoms with van der Waals surface area (Å²) < 4.78 is 10.7. The Labute approximate surface area is 173 Å². The Hall–Kier alpha value is -3.68. The lowest BCUT2D eigenvalue weighted by molar-refractivity contribution is -0.144. The van der Waals surface area contributed by atoms with Crippen LogP contribution in [0.2, 0.25) is 0 Å². The van der Waals surface area contributed by atoms with Gasteiger partial charge < -0.3 is 9.47 Å². The van der Waals surface area contributed by atoms with Crippen LogP contribution < -0.4 is 14.4 Å². The lowest BCUT2D eigenvalue weighted by Crippen LogP contribution is -2.51. The lowest BCUT2D eigenvalue weighted by atomic mass is 9.85. The highest BCUT2D eigenvalue weighted by molar-refractivity contribution is 6.25. The smallest absolute Gasteiger partial charge is 0.266 e. The summed E-state index contributed by atoms with van der Waals surface area (Å²) >= 11 is 0. The average Bonchev–Trinajstić information content (AvgIpc) is 3.25. The molecule has 0 radical (unpaired) electrons. The maximum absolute atomic E-state index is 13.6. The molecule has 3 amide bonds. The zero-order chi connectivity index (χ0) is 21.6. The molecule has 2 aliphatic rings. The fraction of sp³-hybridized carbons (Fsp3) is 0.273. The minimum absolute atomic E-state index is 0.120. The van der Waals surface area contributed by atoms with Crippen LogP contribution in [0.25, 0.3) is 0 Å². The Morgan fingerprint density at radius 3 is 2.40 bits per heavy atom. The summed E-state index contributed by atoms with van der Waals surface area (Å²) in [6.07, 6.45) is 0.120. The van der Waals surface area contributed by atoms with Crippen LogP contribution in [0.4, 0.5) is 5.69 Å². The van der Waals surface area contributed by atoms with Crippen molar-refractivity contribution in [1.29, 1.82) is 0 Å². The van der Waals surface area contributed by atoms with Gasteiger partial charge in [0.15, 0.2) is 5.54 Å². The van der Waals surface area contributed by atoms with Gasteiger partial charge in [-0.3, -0.25) is 14.4 Å². The van der Waals surface area contributed by atoms with Crippen molar-refractivity contribution < 1.29 is 23.9 Å². The molecule has 0 unspecified atom stereocenters. The molecule has 1 atom stereocenters. The number of imide groups is 1. The van der Waals surface area contributed by atoms with Crippen LogP contribution in [0, 0.1) is 0 Å². The Balaban J connectivity index is 1.89. The van der Waals surface area contributed by atoms with Crippen molar-refractivity contribution in [2.24, 2.45) is 5.10 Å². The zero-order valence-corrected chi connectivity index (χ0v) is 17.1. The first-order valence-corrected chi connectivity index (χ1v) is 9.40. The molecule has 2 aromatic rings. The second-order valence-electron chi connectivity index (χ2n) is 7.16. The molecule has 0 saturated heterocycles. The summed E-state index contributed by atoms with van der Waals surface area (Å²) in [5.74, 6) is -0.180. The van der Waals surface area contributed by atoms with Gasteiger partial charge in [-0.05, 0) is 18.2 Å². The van der Waals surface area contributed by atoms with Gasteiger partial charge in [-0.25, -0.2) is 9.91 Å². The molecule has 8 heteroatoms. The molecule has 154 valence electrons. The molecule has 2 heterocycles. The van der Waals surface area contributed by atoms with Crippen LogP contribution in [0.3, 0.4) is 0 Å². The van der Waals surface area contributed by atoms with Gasteiger partial charge in [0.2, 0.25) is 11.8 Å². The van der Waals surface area contributed by atoms with Crippen molar-refractivity contribution in [2.45, 2.75) is 25.8 Å². The van der Waals surface area contributed by atoms with E-state index < -0.39 is 23.3 Å². The van der Waals surface area contributed by atoms with E-state index >= 15 is 0 Å². The number of anilines is 1. The third-order valence-electron chi connectivity index (χ3n) is 5.49. The number of benzene rings is 2.